The predicted molar refractivity (Wildman–Crippen MR) is 43.9 cm³/mol. The molecule has 0 spiro atoms. The summed E-state index contributed by atoms with van der Waals surface area (Å²) in [5, 5.41) is 8.62. The number of hydrogen-bond donors (Lipinski definition) is 0. The Labute approximate surface area is 62.8 Å². The van der Waals surface area contributed by atoms with Crippen molar-refractivity contribution in [3.8, 4) is 5.97 Å². The van der Waals surface area contributed by atoms with E-state index in [1.54, 1.807) is 0 Å². The van der Waals surface area contributed by atoms with Gasteiger partial charge in [0.2, 0.25) is 0 Å². The summed E-state index contributed by atoms with van der Waals surface area (Å²) in [5.41, 5.74) is 0. The minimum atomic E-state index is 0.303. The molecule has 1 fully saturated rings. The number of nitriles is 1. The highest BCUT2D eigenvalue weighted by molar-refractivity contribution is 6.67. The topological polar surface area (TPSA) is 23.8 Å². The third kappa shape index (κ3) is 1.64. The van der Waals surface area contributed by atoms with Crippen LogP contribution in [0.2, 0.25) is 12.6 Å². The summed E-state index contributed by atoms with van der Waals surface area (Å²) < 4.78 is 0. The lowest BCUT2D eigenvalue weighted by Crippen LogP contribution is -2.19. The predicted octanol–water partition coefficient (Wildman–Crippen LogP) is 2.14. The molecule has 0 radical (unpaired) electrons. The molecule has 0 saturated carbocycles. The maximum Gasteiger partial charge on any atom is 0.268 e. The lowest BCUT2D eigenvalue weighted by atomic mass is 9.41. The van der Waals surface area contributed by atoms with Gasteiger partial charge in [0.1, 0.15) is 0 Å². The van der Waals surface area contributed by atoms with Crippen LogP contribution in [0.5, 0.6) is 0 Å². The highest BCUT2D eigenvalue weighted by Gasteiger charge is 2.22. The zero-order valence-corrected chi connectivity index (χ0v) is 6.21. The fraction of sp³-hybridized carbons (Fsp3) is 0.625. The van der Waals surface area contributed by atoms with Gasteiger partial charge in [0.25, 0.3) is 6.71 Å². The Bertz CT molecular complexity index is 159. The van der Waals surface area contributed by atoms with E-state index in [-0.39, 0.29) is 0 Å². The first kappa shape index (κ1) is 7.40. The molecule has 2 heteroatoms. The summed E-state index contributed by atoms with van der Waals surface area (Å²) in [6, 6.07) is 0. The molecule has 52 valence electrons. The summed E-state index contributed by atoms with van der Waals surface area (Å²) >= 11 is 0. The Hall–Kier alpha value is -0.705. The summed E-state index contributed by atoms with van der Waals surface area (Å²) in [5.74, 6) is 2.93. The maximum atomic E-state index is 8.62. The van der Waals surface area contributed by atoms with Crippen LogP contribution in [-0.2, 0) is 0 Å². The lowest BCUT2D eigenvalue weighted by molar-refractivity contribution is 0.601. The first-order valence-electron chi connectivity index (χ1n) is 3.89. The highest BCUT2D eigenvalue weighted by atomic mass is 14.2. The Kier molecular flexibility index (Phi) is 2.56. The van der Waals surface area contributed by atoms with Gasteiger partial charge in [-0.2, -0.15) is 0 Å². The van der Waals surface area contributed by atoms with Crippen LogP contribution in [0.1, 0.15) is 12.8 Å². The Morgan fingerprint density at radius 3 is 3.10 bits per heavy atom. The van der Waals surface area contributed by atoms with Gasteiger partial charge in [-0.1, -0.05) is 25.1 Å². The van der Waals surface area contributed by atoms with Crippen LogP contribution < -0.4 is 0 Å². The maximum absolute atomic E-state index is 8.62. The fourth-order valence-electron chi connectivity index (χ4n) is 1.56. The monoisotopic (exact) mass is 133 g/mol. The number of allylic oxidation sites excluding steroid dienone is 1. The van der Waals surface area contributed by atoms with Crippen molar-refractivity contribution in [2.75, 3.05) is 0 Å². The molecule has 0 bridgehead atoms. The van der Waals surface area contributed by atoms with Gasteiger partial charge in [-0.25, -0.2) is 5.26 Å². The molecule has 0 aliphatic carbocycles. The molecule has 1 nitrogen and oxygen atoms in total. The molecular formula is C8H12BN. The summed E-state index contributed by atoms with van der Waals surface area (Å²) in [7, 11) is 0. The Morgan fingerprint density at radius 1 is 1.70 bits per heavy atom. The second-order valence-electron chi connectivity index (χ2n) is 2.99. The van der Waals surface area contributed by atoms with Gasteiger partial charge >= 0.3 is 0 Å². The van der Waals surface area contributed by atoms with Crippen molar-refractivity contribution in [2.45, 2.75) is 25.5 Å². The third-order valence-corrected chi connectivity index (χ3v) is 2.23. The molecular weight excluding hydrogens is 121 g/mol. The van der Waals surface area contributed by atoms with E-state index in [9.17, 15) is 0 Å². The van der Waals surface area contributed by atoms with Crippen LogP contribution >= 0.6 is 0 Å². The van der Waals surface area contributed by atoms with E-state index >= 15 is 0 Å². The summed E-state index contributed by atoms with van der Waals surface area (Å²) in [6.45, 7) is 4.05. The van der Waals surface area contributed by atoms with Crippen molar-refractivity contribution < 1.29 is 0 Å². The van der Waals surface area contributed by atoms with Crippen molar-refractivity contribution in [3.05, 3.63) is 12.7 Å². The summed E-state index contributed by atoms with van der Waals surface area (Å²) in [6.07, 6.45) is 6.57. The van der Waals surface area contributed by atoms with Gasteiger partial charge in [0.15, 0.2) is 0 Å². The SMILES string of the molecule is C=CC1CCCB(C#N)C1. The summed E-state index contributed by atoms with van der Waals surface area (Å²) in [4.78, 5) is 0. The quantitative estimate of drug-likeness (QED) is 0.397. The zero-order chi connectivity index (χ0) is 7.40. The fourth-order valence-corrected chi connectivity index (χ4v) is 1.56. The number of nitrogens with zero attached hydrogens (tertiary/aromatic N) is 1. The van der Waals surface area contributed by atoms with E-state index in [2.05, 4.69) is 12.5 Å². The normalized spacial score (nSPS) is 25.5. The van der Waals surface area contributed by atoms with Gasteiger partial charge in [-0.15, -0.1) is 6.58 Å². The molecule has 0 aromatic heterocycles. The van der Waals surface area contributed by atoms with Crippen molar-refractivity contribution in [3.63, 3.8) is 0 Å². The largest absolute Gasteiger partial charge is 0.268 e. The molecule has 1 atom stereocenters. The molecule has 0 aromatic rings. The third-order valence-electron chi connectivity index (χ3n) is 2.23. The van der Waals surface area contributed by atoms with Crippen molar-refractivity contribution >= 4 is 6.71 Å². The zero-order valence-electron chi connectivity index (χ0n) is 6.21. The molecule has 1 saturated heterocycles. The van der Waals surface area contributed by atoms with E-state index in [0.29, 0.717) is 12.6 Å². The van der Waals surface area contributed by atoms with Gasteiger partial charge in [-0.3, -0.25) is 0 Å². The van der Waals surface area contributed by atoms with Crippen LogP contribution in [-0.4, -0.2) is 6.71 Å². The first-order chi connectivity index (χ1) is 4.86. The average molecular weight is 133 g/mol. The Morgan fingerprint density at radius 2 is 2.50 bits per heavy atom. The van der Waals surface area contributed by atoms with Gasteiger partial charge in [-0.05, 0) is 12.3 Å². The Balaban J connectivity index is 2.40. The second kappa shape index (κ2) is 3.46. The molecule has 0 N–H and O–H groups in total. The molecule has 10 heavy (non-hydrogen) atoms. The smallest absolute Gasteiger partial charge is 0.213 e. The first-order valence-corrected chi connectivity index (χ1v) is 3.89. The van der Waals surface area contributed by atoms with Crippen LogP contribution in [0, 0.1) is 17.1 Å². The average Bonchev–Trinajstić information content (AvgIpc) is 2.05. The molecule has 0 amide bonds. The standard InChI is InChI=1S/C8H12BN/c1-2-8-4-3-5-9(6-8)7-10/h2,8H,1,3-6H2. The molecule has 1 heterocycles. The molecule has 1 aliphatic rings. The van der Waals surface area contributed by atoms with E-state index in [1.165, 1.54) is 12.8 Å². The van der Waals surface area contributed by atoms with Crippen LogP contribution in [0.3, 0.4) is 0 Å². The van der Waals surface area contributed by atoms with Crippen LogP contribution in [0.25, 0.3) is 0 Å². The minimum Gasteiger partial charge on any atom is -0.213 e. The van der Waals surface area contributed by atoms with E-state index < -0.39 is 0 Å². The van der Waals surface area contributed by atoms with Crippen LogP contribution in [0.4, 0.5) is 0 Å². The van der Waals surface area contributed by atoms with Crippen molar-refractivity contribution in [1.82, 2.24) is 0 Å². The van der Waals surface area contributed by atoms with E-state index in [1.807, 2.05) is 6.08 Å². The van der Waals surface area contributed by atoms with E-state index in [4.69, 9.17) is 5.26 Å². The van der Waals surface area contributed by atoms with Crippen molar-refractivity contribution in [2.24, 2.45) is 5.92 Å². The van der Waals surface area contributed by atoms with Crippen LogP contribution in [0.15, 0.2) is 12.7 Å². The molecule has 1 aliphatic heterocycles. The van der Waals surface area contributed by atoms with Crippen molar-refractivity contribution in [1.29, 1.82) is 5.26 Å². The highest BCUT2D eigenvalue weighted by Crippen LogP contribution is 2.25. The van der Waals surface area contributed by atoms with Gasteiger partial charge in [0, 0.05) is 5.97 Å². The number of rotatable bonds is 1. The second-order valence-corrected chi connectivity index (χ2v) is 2.99. The minimum absolute atomic E-state index is 0.303. The van der Waals surface area contributed by atoms with E-state index in [0.717, 1.165) is 12.6 Å². The lowest BCUT2D eigenvalue weighted by Gasteiger charge is -2.19. The van der Waals surface area contributed by atoms with Gasteiger partial charge in [0.05, 0.1) is 0 Å². The molecule has 0 aromatic carbocycles. The molecule has 1 rings (SSSR count). The molecule has 1 unspecified atom stereocenters. The van der Waals surface area contributed by atoms with Gasteiger partial charge < -0.3 is 0 Å². The number of hydrogen-bond acceptors (Lipinski definition) is 1.